The zero-order valence-corrected chi connectivity index (χ0v) is 13.7. The molecule has 132 valence electrons. The Morgan fingerprint density at radius 1 is 1.42 bits per heavy atom. The Morgan fingerprint density at radius 3 is 2.79 bits per heavy atom. The van der Waals surface area contributed by atoms with Gasteiger partial charge < -0.3 is 19.5 Å². The molecular weight excluding hydrogens is 344 g/mol. The average molecular weight is 361 g/mol. The summed E-state index contributed by atoms with van der Waals surface area (Å²) in [5.74, 6) is -0.225. The van der Waals surface area contributed by atoms with Crippen molar-refractivity contribution < 1.29 is 33.0 Å². The van der Waals surface area contributed by atoms with Crippen molar-refractivity contribution in [1.29, 1.82) is 0 Å². The number of carbonyl (C=O) groups is 2. The van der Waals surface area contributed by atoms with E-state index in [1.54, 1.807) is 11.8 Å². The van der Waals surface area contributed by atoms with E-state index in [2.05, 4.69) is 4.74 Å². The van der Waals surface area contributed by atoms with Crippen LogP contribution in [-0.4, -0.2) is 59.7 Å². The molecule has 1 amide bonds. The summed E-state index contributed by atoms with van der Waals surface area (Å²) in [6.07, 6.45) is -0.136. The SMILES string of the molecule is COc1cc(C(=O)N2CCSCC2CC(=O)O)ccc1OC(F)F. The predicted octanol–water partition coefficient (Wildman–Crippen LogP) is 2.33. The molecule has 1 heterocycles. The second-order valence-electron chi connectivity index (χ2n) is 5.07. The third-order valence-electron chi connectivity index (χ3n) is 3.53. The summed E-state index contributed by atoms with van der Waals surface area (Å²) >= 11 is 1.59. The number of carboxylic acids is 1. The van der Waals surface area contributed by atoms with Crippen molar-refractivity contribution in [2.24, 2.45) is 0 Å². The summed E-state index contributed by atoms with van der Waals surface area (Å²) in [4.78, 5) is 25.1. The van der Waals surface area contributed by atoms with Crippen LogP contribution in [0.5, 0.6) is 11.5 Å². The number of amides is 1. The van der Waals surface area contributed by atoms with Gasteiger partial charge in [0.15, 0.2) is 11.5 Å². The van der Waals surface area contributed by atoms with Crippen molar-refractivity contribution in [3.63, 3.8) is 0 Å². The number of aliphatic carboxylic acids is 1. The van der Waals surface area contributed by atoms with E-state index in [0.29, 0.717) is 18.1 Å². The topological polar surface area (TPSA) is 76.1 Å². The van der Waals surface area contributed by atoms with E-state index in [1.807, 2.05) is 0 Å². The minimum atomic E-state index is -3.00. The highest BCUT2D eigenvalue weighted by atomic mass is 32.2. The summed E-state index contributed by atoms with van der Waals surface area (Å²) < 4.78 is 34.0. The fourth-order valence-corrected chi connectivity index (χ4v) is 3.51. The smallest absolute Gasteiger partial charge is 0.387 e. The Balaban J connectivity index is 2.22. The third-order valence-corrected chi connectivity index (χ3v) is 4.62. The first-order valence-corrected chi connectivity index (χ1v) is 8.31. The number of methoxy groups -OCH3 is 1. The van der Waals surface area contributed by atoms with Crippen LogP contribution in [0.25, 0.3) is 0 Å². The Labute approximate surface area is 141 Å². The zero-order chi connectivity index (χ0) is 17.7. The molecule has 1 fully saturated rings. The fourth-order valence-electron chi connectivity index (χ4n) is 2.45. The fraction of sp³-hybridized carbons (Fsp3) is 0.467. The van der Waals surface area contributed by atoms with Crippen LogP contribution in [0.3, 0.4) is 0 Å². The van der Waals surface area contributed by atoms with Gasteiger partial charge in [0.05, 0.1) is 19.6 Å². The van der Waals surface area contributed by atoms with Gasteiger partial charge in [-0.25, -0.2) is 0 Å². The lowest BCUT2D eigenvalue weighted by Crippen LogP contribution is -2.47. The van der Waals surface area contributed by atoms with Gasteiger partial charge in [-0.05, 0) is 18.2 Å². The highest BCUT2D eigenvalue weighted by Crippen LogP contribution is 2.31. The first kappa shape index (κ1) is 18.3. The number of rotatable bonds is 6. The van der Waals surface area contributed by atoms with Crippen molar-refractivity contribution in [3.8, 4) is 11.5 Å². The minimum Gasteiger partial charge on any atom is -0.493 e. The van der Waals surface area contributed by atoms with Gasteiger partial charge in [0.1, 0.15) is 0 Å². The third kappa shape index (κ3) is 4.50. The van der Waals surface area contributed by atoms with Gasteiger partial charge in [-0.3, -0.25) is 9.59 Å². The number of benzene rings is 1. The number of carbonyl (C=O) groups excluding carboxylic acids is 1. The molecule has 0 aromatic heterocycles. The molecule has 9 heteroatoms. The maximum absolute atomic E-state index is 12.7. The zero-order valence-electron chi connectivity index (χ0n) is 12.9. The van der Waals surface area contributed by atoms with E-state index in [9.17, 15) is 18.4 Å². The molecular formula is C15H17F2NO5S. The molecule has 1 saturated heterocycles. The number of ether oxygens (including phenoxy) is 2. The molecule has 1 aliphatic rings. The number of hydrogen-bond acceptors (Lipinski definition) is 5. The molecule has 24 heavy (non-hydrogen) atoms. The molecule has 0 spiro atoms. The number of hydrogen-bond donors (Lipinski definition) is 1. The first-order valence-electron chi connectivity index (χ1n) is 7.15. The Hall–Kier alpha value is -2.03. The molecule has 2 rings (SSSR count). The van der Waals surface area contributed by atoms with Crippen LogP contribution >= 0.6 is 11.8 Å². The van der Waals surface area contributed by atoms with Gasteiger partial charge in [-0.1, -0.05) is 0 Å². The van der Waals surface area contributed by atoms with Crippen molar-refractivity contribution in [3.05, 3.63) is 23.8 Å². The van der Waals surface area contributed by atoms with Crippen LogP contribution in [0.4, 0.5) is 8.78 Å². The Bertz CT molecular complexity index is 614. The number of carboxylic acid groups (broad SMARTS) is 1. The van der Waals surface area contributed by atoms with Gasteiger partial charge >= 0.3 is 12.6 Å². The molecule has 1 N–H and O–H groups in total. The summed E-state index contributed by atoms with van der Waals surface area (Å²) in [6, 6.07) is 3.52. The summed E-state index contributed by atoms with van der Waals surface area (Å²) in [5, 5.41) is 8.98. The van der Waals surface area contributed by atoms with Crippen molar-refractivity contribution >= 4 is 23.6 Å². The highest BCUT2D eigenvalue weighted by Gasteiger charge is 2.30. The molecule has 0 radical (unpaired) electrons. The molecule has 0 bridgehead atoms. The Kier molecular flexibility index (Phi) is 6.24. The molecule has 1 aromatic carbocycles. The van der Waals surface area contributed by atoms with Gasteiger partial charge in [0.2, 0.25) is 0 Å². The van der Waals surface area contributed by atoms with Crippen molar-refractivity contribution in [1.82, 2.24) is 4.90 Å². The van der Waals surface area contributed by atoms with Crippen LogP contribution in [0.1, 0.15) is 16.8 Å². The standard InChI is InChI=1S/C15H17F2NO5S/c1-22-12-6-9(2-3-11(12)23-15(16)17)14(21)18-4-5-24-8-10(18)7-13(19)20/h2-3,6,10,15H,4-5,7-8H2,1H3,(H,19,20). The monoisotopic (exact) mass is 361 g/mol. The van der Waals surface area contributed by atoms with Crippen molar-refractivity contribution in [2.45, 2.75) is 19.1 Å². The van der Waals surface area contributed by atoms with Crippen LogP contribution in [0.2, 0.25) is 0 Å². The lowest BCUT2D eigenvalue weighted by atomic mass is 10.1. The Morgan fingerprint density at radius 2 is 2.17 bits per heavy atom. The maximum Gasteiger partial charge on any atom is 0.387 e. The largest absolute Gasteiger partial charge is 0.493 e. The van der Waals surface area contributed by atoms with E-state index in [-0.39, 0.29) is 29.4 Å². The second-order valence-corrected chi connectivity index (χ2v) is 6.22. The molecule has 1 unspecified atom stereocenters. The van der Waals surface area contributed by atoms with Gasteiger partial charge in [0, 0.05) is 23.6 Å². The van der Waals surface area contributed by atoms with Crippen LogP contribution in [0.15, 0.2) is 18.2 Å². The molecule has 1 atom stereocenters. The lowest BCUT2D eigenvalue weighted by molar-refractivity contribution is -0.138. The summed E-state index contributed by atoms with van der Waals surface area (Å²) in [6.45, 7) is -2.57. The number of alkyl halides is 2. The van der Waals surface area contributed by atoms with E-state index in [0.717, 1.165) is 0 Å². The van der Waals surface area contributed by atoms with Crippen LogP contribution in [-0.2, 0) is 4.79 Å². The van der Waals surface area contributed by atoms with Crippen molar-refractivity contribution in [2.75, 3.05) is 25.2 Å². The van der Waals surface area contributed by atoms with Gasteiger partial charge in [-0.15, -0.1) is 0 Å². The number of halogens is 2. The first-order chi connectivity index (χ1) is 11.4. The van der Waals surface area contributed by atoms with E-state index in [4.69, 9.17) is 9.84 Å². The van der Waals surface area contributed by atoms with Crippen LogP contribution in [0, 0.1) is 0 Å². The summed E-state index contributed by atoms with van der Waals surface area (Å²) in [7, 11) is 1.28. The van der Waals surface area contributed by atoms with Crippen LogP contribution < -0.4 is 9.47 Å². The average Bonchev–Trinajstić information content (AvgIpc) is 2.54. The minimum absolute atomic E-state index is 0.0160. The predicted molar refractivity (Wildman–Crippen MR) is 84.0 cm³/mol. The van der Waals surface area contributed by atoms with Gasteiger partial charge in [-0.2, -0.15) is 20.5 Å². The van der Waals surface area contributed by atoms with Gasteiger partial charge in [0.25, 0.3) is 5.91 Å². The lowest BCUT2D eigenvalue weighted by Gasteiger charge is -2.34. The van der Waals surface area contributed by atoms with E-state index < -0.39 is 18.6 Å². The molecule has 0 saturated carbocycles. The molecule has 1 aliphatic heterocycles. The molecule has 1 aromatic rings. The number of thioether (sulfide) groups is 1. The highest BCUT2D eigenvalue weighted by molar-refractivity contribution is 7.99. The van der Waals surface area contributed by atoms with E-state index in [1.165, 1.54) is 30.2 Å². The summed E-state index contributed by atoms with van der Waals surface area (Å²) in [5.41, 5.74) is 0.232. The molecule has 0 aliphatic carbocycles. The second kappa shape index (κ2) is 8.18. The molecule has 6 nitrogen and oxygen atoms in total. The maximum atomic E-state index is 12.7. The normalized spacial score (nSPS) is 17.7. The quantitative estimate of drug-likeness (QED) is 0.838. The number of nitrogens with zero attached hydrogens (tertiary/aromatic N) is 1. The van der Waals surface area contributed by atoms with E-state index >= 15 is 0 Å².